The van der Waals surface area contributed by atoms with Gasteiger partial charge in [0.2, 0.25) is 0 Å². The standard InChI is InChI=1S/C23H20N4O4S/c1-14-18(12-19-21(28)24(2)23(32)25(3)22(19)29)17-6-4-5-7-20(17)26(14)13-15-8-10-16(11-9-15)27(30)31/h4-12H,13H2,1-3H3. The van der Waals surface area contributed by atoms with Crippen molar-refractivity contribution in [3.63, 3.8) is 0 Å². The highest BCUT2D eigenvalue weighted by molar-refractivity contribution is 7.80. The number of nitro benzene ring substituents is 1. The van der Waals surface area contributed by atoms with Gasteiger partial charge in [-0.15, -0.1) is 0 Å². The molecule has 0 saturated carbocycles. The summed E-state index contributed by atoms with van der Waals surface area (Å²) in [7, 11) is 3.10. The second-order valence-corrected chi connectivity index (χ2v) is 7.96. The van der Waals surface area contributed by atoms with Gasteiger partial charge in [-0.3, -0.25) is 29.5 Å². The molecule has 9 heteroatoms. The van der Waals surface area contributed by atoms with Gasteiger partial charge in [0.1, 0.15) is 5.57 Å². The van der Waals surface area contributed by atoms with Crippen molar-refractivity contribution in [3.05, 3.63) is 81.0 Å². The number of benzene rings is 2. The van der Waals surface area contributed by atoms with Crippen molar-refractivity contribution >= 4 is 51.8 Å². The Labute approximate surface area is 189 Å². The minimum absolute atomic E-state index is 0.0359. The van der Waals surface area contributed by atoms with Crippen molar-refractivity contribution < 1.29 is 14.5 Å². The van der Waals surface area contributed by atoms with Crippen molar-refractivity contribution in [2.45, 2.75) is 13.5 Å². The number of nitrogens with zero attached hydrogens (tertiary/aromatic N) is 4. The summed E-state index contributed by atoms with van der Waals surface area (Å²) in [4.78, 5) is 38.7. The van der Waals surface area contributed by atoms with Gasteiger partial charge in [-0.25, -0.2) is 0 Å². The van der Waals surface area contributed by atoms with Crippen molar-refractivity contribution in [1.82, 2.24) is 14.4 Å². The van der Waals surface area contributed by atoms with Crippen LogP contribution in [0.15, 0.2) is 54.1 Å². The van der Waals surface area contributed by atoms with Crippen LogP contribution in [0.1, 0.15) is 16.8 Å². The van der Waals surface area contributed by atoms with E-state index in [1.54, 1.807) is 32.3 Å². The first-order valence-corrected chi connectivity index (χ1v) is 10.2. The lowest BCUT2D eigenvalue weighted by molar-refractivity contribution is -0.384. The molecule has 0 unspecified atom stereocenters. The van der Waals surface area contributed by atoms with Crippen LogP contribution in [0.2, 0.25) is 0 Å². The van der Waals surface area contributed by atoms with Gasteiger partial charge >= 0.3 is 0 Å². The molecule has 2 heterocycles. The molecule has 32 heavy (non-hydrogen) atoms. The van der Waals surface area contributed by atoms with E-state index < -0.39 is 16.7 Å². The highest BCUT2D eigenvalue weighted by Gasteiger charge is 2.35. The molecule has 0 radical (unpaired) electrons. The van der Waals surface area contributed by atoms with Crippen LogP contribution in [-0.4, -0.2) is 50.3 Å². The number of likely N-dealkylation sites (N-methyl/N-ethyl adjacent to an activating group) is 2. The SMILES string of the molecule is Cc1c(C=C2C(=O)N(C)C(=S)N(C)C2=O)c2ccccc2n1Cc1ccc([N+](=O)[O-])cc1. The summed E-state index contributed by atoms with van der Waals surface area (Å²) in [6.07, 6.45) is 1.63. The van der Waals surface area contributed by atoms with Crippen LogP contribution in [0.25, 0.3) is 17.0 Å². The largest absolute Gasteiger partial charge is 0.340 e. The van der Waals surface area contributed by atoms with Gasteiger partial charge in [-0.2, -0.15) is 0 Å². The third-order valence-electron chi connectivity index (χ3n) is 5.70. The summed E-state index contributed by atoms with van der Waals surface area (Å²) in [5.74, 6) is -0.880. The summed E-state index contributed by atoms with van der Waals surface area (Å²) in [6.45, 7) is 2.41. The van der Waals surface area contributed by atoms with E-state index >= 15 is 0 Å². The predicted octanol–water partition coefficient (Wildman–Crippen LogP) is 3.50. The lowest BCUT2D eigenvalue weighted by Gasteiger charge is -2.31. The molecule has 1 fully saturated rings. The number of hydrogen-bond acceptors (Lipinski definition) is 5. The number of amides is 2. The number of aromatic nitrogens is 1. The molecular formula is C23H20N4O4S. The second-order valence-electron chi connectivity index (χ2n) is 7.59. The monoisotopic (exact) mass is 448 g/mol. The Balaban J connectivity index is 1.82. The minimum atomic E-state index is -0.440. The Morgan fingerprint density at radius 1 is 1.00 bits per heavy atom. The molecule has 3 aromatic rings. The van der Waals surface area contributed by atoms with E-state index in [1.165, 1.54) is 21.9 Å². The Bertz CT molecular complexity index is 1300. The summed E-state index contributed by atoms with van der Waals surface area (Å²) < 4.78 is 2.07. The van der Waals surface area contributed by atoms with Crippen LogP contribution in [0.3, 0.4) is 0 Å². The van der Waals surface area contributed by atoms with Crippen LogP contribution < -0.4 is 0 Å². The summed E-state index contributed by atoms with van der Waals surface area (Å²) in [6, 6.07) is 14.1. The number of hydrogen-bond donors (Lipinski definition) is 0. The lowest BCUT2D eigenvalue weighted by atomic mass is 10.0. The first-order valence-electron chi connectivity index (χ1n) is 9.83. The molecule has 0 aliphatic carbocycles. The Hall–Kier alpha value is -3.85. The molecular weight excluding hydrogens is 428 g/mol. The van der Waals surface area contributed by atoms with Gasteiger partial charge in [-0.05, 0) is 36.8 Å². The molecule has 1 aliphatic heterocycles. The molecule has 1 saturated heterocycles. The molecule has 0 spiro atoms. The van der Waals surface area contributed by atoms with E-state index in [4.69, 9.17) is 12.2 Å². The molecule has 2 aromatic carbocycles. The topological polar surface area (TPSA) is 88.7 Å². The van der Waals surface area contributed by atoms with E-state index in [0.717, 1.165) is 27.7 Å². The molecule has 162 valence electrons. The molecule has 8 nitrogen and oxygen atoms in total. The van der Waals surface area contributed by atoms with E-state index in [-0.39, 0.29) is 16.4 Å². The number of carbonyl (C=O) groups is 2. The van der Waals surface area contributed by atoms with E-state index in [0.29, 0.717) is 6.54 Å². The van der Waals surface area contributed by atoms with E-state index in [2.05, 4.69) is 4.57 Å². The fourth-order valence-corrected chi connectivity index (χ4v) is 4.03. The summed E-state index contributed by atoms with van der Waals surface area (Å²) in [5.41, 5.74) is 3.56. The predicted molar refractivity (Wildman–Crippen MR) is 125 cm³/mol. The van der Waals surface area contributed by atoms with Crippen LogP contribution in [0, 0.1) is 17.0 Å². The number of fused-ring (bicyclic) bond motifs is 1. The Morgan fingerprint density at radius 3 is 2.19 bits per heavy atom. The number of para-hydroxylation sites is 1. The maximum absolute atomic E-state index is 12.8. The number of non-ortho nitro benzene ring substituents is 1. The normalized spacial score (nSPS) is 14.5. The Morgan fingerprint density at radius 2 is 1.59 bits per heavy atom. The molecule has 1 aromatic heterocycles. The fraction of sp³-hybridized carbons (Fsp3) is 0.174. The molecule has 2 amide bonds. The third kappa shape index (κ3) is 3.46. The summed E-state index contributed by atoms with van der Waals surface area (Å²) in [5, 5.41) is 12.0. The van der Waals surface area contributed by atoms with Gasteiger partial charge in [0.25, 0.3) is 17.5 Å². The van der Waals surface area contributed by atoms with Gasteiger partial charge < -0.3 is 4.57 Å². The first-order chi connectivity index (χ1) is 15.2. The zero-order chi connectivity index (χ0) is 23.2. The van der Waals surface area contributed by atoms with Crippen LogP contribution in [0.4, 0.5) is 5.69 Å². The number of thiocarbonyl (C=S) groups is 1. The van der Waals surface area contributed by atoms with Crippen LogP contribution in [-0.2, 0) is 16.1 Å². The van der Waals surface area contributed by atoms with Gasteiger partial charge in [0, 0.05) is 54.9 Å². The van der Waals surface area contributed by atoms with Gasteiger partial charge in [0.15, 0.2) is 5.11 Å². The highest BCUT2D eigenvalue weighted by atomic mass is 32.1. The second kappa shape index (κ2) is 8.01. The van der Waals surface area contributed by atoms with E-state index in [9.17, 15) is 19.7 Å². The molecule has 0 atom stereocenters. The molecule has 0 N–H and O–H groups in total. The number of nitro groups is 1. The van der Waals surface area contributed by atoms with Crippen molar-refractivity contribution in [2.75, 3.05) is 14.1 Å². The zero-order valence-corrected chi connectivity index (χ0v) is 18.5. The van der Waals surface area contributed by atoms with E-state index in [1.807, 2.05) is 31.2 Å². The highest BCUT2D eigenvalue weighted by Crippen LogP contribution is 2.30. The quantitative estimate of drug-likeness (QED) is 0.200. The first kappa shape index (κ1) is 21.4. The third-order valence-corrected chi connectivity index (χ3v) is 6.25. The van der Waals surface area contributed by atoms with Crippen LogP contribution in [0.5, 0.6) is 0 Å². The Kier molecular flexibility index (Phi) is 5.35. The van der Waals surface area contributed by atoms with Gasteiger partial charge in [0.05, 0.1) is 4.92 Å². The maximum Gasteiger partial charge on any atom is 0.269 e. The van der Waals surface area contributed by atoms with Crippen molar-refractivity contribution in [3.8, 4) is 0 Å². The number of rotatable bonds is 4. The van der Waals surface area contributed by atoms with Crippen molar-refractivity contribution in [1.29, 1.82) is 0 Å². The van der Waals surface area contributed by atoms with Crippen LogP contribution >= 0.6 is 12.2 Å². The average molecular weight is 449 g/mol. The molecule has 4 rings (SSSR count). The smallest absolute Gasteiger partial charge is 0.269 e. The summed E-state index contributed by atoms with van der Waals surface area (Å²) >= 11 is 5.16. The molecule has 0 bridgehead atoms. The zero-order valence-electron chi connectivity index (χ0n) is 17.7. The fourth-order valence-electron chi connectivity index (χ4n) is 3.87. The average Bonchev–Trinajstić information content (AvgIpc) is 3.05. The number of carbonyl (C=O) groups excluding carboxylic acids is 2. The van der Waals surface area contributed by atoms with Gasteiger partial charge in [-0.1, -0.05) is 30.3 Å². The molecule has 1 aliphatic rings. The van der Waals surface area contributed by atoms with Crippen molar-refractivity contribution in [2.24, 2.45) is 0 Å². The minimum Gasteiger partial charge on any atom is -0.340 e. The lowest BCUT2D eigenvalue weighted by Crippen LogP contribution is -2.52. The maximum atomic E-state index is 12.8.